The summed E-state index contributed by atoms with van der Waals surface area (Å²) in [5, 5.41) is 0. The van der Waals surface area contributed by atoms with Crippen molar-refractivity contribution in [2.75, 3.05) is 27.2 Å². The molecule has 0 atom stereocenters. The van der Waals surface area contributed by atoms with Gasteiger partial charge in [-0.2, -0.15) is 0 Å². The molecule has 0 aliphatic carbocycles. The zero-order chi connectivity index (χ0) is 12.5. The molecule has 2 nitrogen and oxygen atoms in total. The fourth-order valence-electron chi connectivity index (χ4n) is 1.60. The molecule has 0 saturated heterocycles. The smallest absolute Gasteiger partial charge is 0.119 e. The Labute approximate surface area is 105 Å². The van der Waals surface area contributed by atoms with Crippen LogP contribution in [0.3, 0.4) is 0 Å². The summed E-state index contributed by atoms with van der Waals surface area (Å²) in [4.78, 5) is 2.22. The Morgan fingerprint density at radius 3 is 2.41 bits per heavy atom. The van der Waals surface area contributed by atoms with Crippen molar-refractivity contribution in [2.45, 2.75) is 19.3 Å². The summed E-state index contributed by atoms with van der Waals surface area (Å²) >= 11 is 0. The minimum atomic E-state index is 0.806. The number of ether oxygens (including phenoxy) is 1. The molecule has 2 heteroatoms. The van der Waals surface area contributed by atoms with Crippen molar-refractivity contribution in [1.82, 2.24) is 4.90 Å². The topological polar surface area (TPSA) is 12.5 Å². The van der Waals surface area contributed by atoms with E-state index < -0.39 is 0 Å². The molecular weight excluding hydrogens is 210 g/mol. The molecule has 0 N–H and O–H groups in total. The summed E-state index contributed by atoms with van der Waals surface area (Å²) in [6.45, 7) is 5.69. The van der Waals surface area contributed by atoms with E-state index in [1.165, 1.54) is 12.8 Å². The minimum absolute atomic E-state index is 0.806. The number of hydrogen-bond donors (Lipinski definition) is 0. The summed E-state index contributed by atoms with van der Waals surface area (Å²) < 4.78 is 5.66. The van der Waals surface area contributed by atoms with Crippen LogP contribution < -0.4 is 4.74 Å². The van der Waals surface area contributed by atoms with Crippen LogP contribution in [0.15, 0.2) is 30.8 Å². The molecule has 0 unspecified atom stereocenters. The highest BCUT2D eigenvalue weighted by Crippen LogP contribution is 2.13. The normalized spacial score (nSPS) is 10.5. The third-order valence-electron chi connectivity index (χ3n) is 2.63. The lowest BCUT2D eigenvalue weighted by Gasteiger charge is -2.09. The Balaban J connectivity index is 2.11. The lowest BCUT2D eigenvalue weighted by molar-refractivity contribution is 0.299. The second-order valence-corrected chi connectivity index (χ2v) is 4.49. The van der Waals surface area contributed by atoms with Crippen LogP contribution in [0.1, 0.15) is 24.8 Å². The molecule has 1 aromatic rings. The summed E-state index contributed by atoms with van der Waals surface area (Å²) in [6.07, 6.45) is 5.43. The Kier molecular flexibility index (Phi) is 6.41. The summed E-state index contributed by atoms with van der Waals surface area (Å²) in [5.74, 6) is 0.947. The first-order chi connectivity index (χ1) is 8.22. The molecule has 0 saturated carbocycles. The van der Waals surface area contributed by atoms with Crippen molar-refractivity contribution in [3.63, 3.8) is 0 Å². The average Bonchev–Trinajstić information content (AvgIpc) is 2.34. The number of rotatable bonds is 8. The van der Waals surface area contributed by atoms with Crippen LogP contribution in [-0.2, 0) is 0 Å². The number of hydrogen-bond acceptors (Lipinski definition) is 2. The van der Waals surface area contributed by atoms with Crippen LogP contribution in [0, 0.1) is 0 Å². The molecule has 1 rings (SSSR count). The third-order valence-corrected chi connectivity index (χ3v) is 2.63. The van der Waals surface area contributed by atoms with Gasteiger partial charge in [0.25, 0.3) is 0 Å². The molecule has 0 aromatic heterocycles. The molecule has 0 bridgehead atoms. The third kappa shape index (κ3) is 6.12. The molecule has 17 heavy (non-hydrogen) atoms. The molecule has 0 aliphatic rings. The van der Waals surface area contributed by atoms with Crippen molar-refractivity contribution in [3.05, 3.63) is 36.4 Å². The average molecular weight is 233 g/mol. The highest BCUT2D eigenvalue weighted by Gasteiger charge is 1.95. The van der Waals surface area contributed by atoms with Gasteiger partial charge in [-0.3, -0.25) is 0 Å². The van der Waals surface area contributed by atoms with E-state index >= 15 is 0 Å². The maximum atomic E-state index is 5.66. The quantitative estimate of drug-likeness (QED) is 0.638. The van der Waals surface area contributed by atoms with Gasteiger partial charge in [0.05, 0.1) is 6.61 Å². The Morgan fingerprint density at radius 2 is 1.82 bits per heavy atom. The van der Waals surface area contributed by atoms with Crippen molar-refractivity contribution in [2.24, 2.45) is 0 Å². The number of nitrogens with zero attached hydrogens (tertiary/aromatic N) is 1. The molecule has 0 heterocycles. The van der Waals surface area contributed by atoms with Crippen LogP contribution in [0.25, 0.3) is 6.08 Å². The molecule has 0 amide bonds. The second-order valence-electron chi connectivity index (χ2n) is 4.49. The van der Waals surface area contributed by atoms with E-state index in [4.69, 9.17) is 4.74 Å². The van der Waals surface area contributed by atoms with E-state index in [-0.39, 0.29) is 0 Å². The van der Waals surface area contributed by atoms with Gasteiger partial charge in [0.15, 0.2) is 0 Å². The number of unbranched alkanes of at least 4 members (excludes halogenated alkanes) is 2. The van der Waals surface area contributed by atoms with Crippen LogP contribution in [0.4, 0.5) is 0 Å². The van der Waals surface area contributed by atoms with E-state index in [0.717, 1.165) is 30.9 Å². The second kappa shape index (κ2) is 7.91. The zero-order valence-corrected chi connectivity index (χ0v) is 11.0. The Hall–Kier alpha value is -1.28. The van der Waals surface area contributed by atoms with Gasteiger partial charge >= 0.3 is 0 Å². The molecule has 0 spiro atoms. The monoisotopic (exact) mass is 233 g/mol. The van der Waals surface area contributed by atoms with E-state index in [1.807, 2.05) is 30.3 Å². The summed E-state index contributed by atoms with van der Waals surface area (Å²) in [6, 6.07) is 8.04. The van der Waals surface area contributed by atoms with Gasteiger partial charge in [-0.25, -0.2) is 0 Å². The Bertz CT molecular complexity index is 316. The highest BCUT2D eigenvalue weighted by molar-refractivity contribution is 5.48. The molecule has 0 fully saturated rings. The summed E-state index contributed by atoms with van der Waals surface area (Å²) in [5.41, 5.74) is 1.13. The van der Waals surface area contributed by atoms with Crippen molar-refractivity contribution in [1.29, 1.82) is 0 Å². The van der Waals surface area contributed by atoms with Gasteiger partial charge in [0, 0.05) is 0 Å². The molecule has 0 aliphatic heterocycles. The predicted molar refractivity (Wildman–Crippen MR) is 74.4 cm³/mol. The van der Waals surface area contributed by atoms with E-state index in [0.29, 0.717) is 0 Å². The van der Waals surface area contributed by atoms with Crippen LogP contribution in [-0.4, -0.2) is 32.1 Å². The molecule has 94 valence electrons. The van der Waals surface area contributed by atoms with Crippen LogP contribution in [0.2, 0.25) is 0 Å². The fraction of sp³-hybridized carbons (Fsp3) is 0.467. The van der Waals surface area contributed by atoms with Gasteiger partial charge in [-0.05, 0) is 57.6 Å². The van der Waals surface area contributed by atoms with Gasteiger partial charge in [-0.1, -0.05) is 24.8 Å². The maximum Gasteiger partial charge on any atom is 0.119 e. The van der Waals surface area contributed by atoms with E-state index in [1.54, 1.807) is 0 Å². The maximum absolute atomic E-state index is 5.66. The molecule has 0 radical (unpaired) electrons. The standard InChI is InChI=1S/C15H23NO/c1-4-14-8-10-15(11-9-14)17-13-7-5-6-12-16(2)3/h4,8-11H,1,5-7,12-13H2,2-3H3. The van der Waals surface area contributed by atoms with Crippen molar-refractivity contribution >= 4 is 6.08 Å². The Morgan fingerprint density at radius 1 is 1.12 bits per heavy atom. The minimum Gasteiger partial charge on any atom is -0.494 e. The van der Waals surface area contributed by atoms with Gasteiger partial charge in [0.2, 0.25) is 0 Å². The molecule has 1 aromatic carbocycles. The summed E-state index contributed by atoms with van der Waals surface area (Å²) in [7, 11) is 4.22. The predicted octanol–water partition coefficient (Wildman–Crippen LogP) is 3.44. The SMILES string of the molecule is C=Cc1ccc(OCCCCCN(C)C)cc1. The highest BCUT2D eigenvalue weighted by atomic mass is 16.5. The largest absolute Gasteiger partial charge is 0.494 e. The van der Waals surface area contributed by atoms with Crippen molar-refractivity contribution in [3.8, 4) is 5.75 Å². The van der Waals surface area contributed by atoms with Crippen LogP contribution >= 0.6 is 0 Å². The first-order valence-electron chi connectivity index (χ1n) is 6.22. The first-order valence-corrected chi connectivity index (χ1v) is 6.22. The van der Waals surface area contributed by atoms with Gasteiger partial charge in [-0.15, -0.1) is 0 Å². The molecular formula is C15H23NO. The van der Waals surface area contributed by atoms with E-state index in [2.05, 4.69) is 25.6 Å². The van der Waals surface area contributed by atoms with Crippen LogP contribution in [0.5, 0.6) is 5.75 Å². The van der Waals surface area contributed by atoms with Gasteiger partial charge < -0.3 is 9.64 Å². The zero-order valence-electron chi connectivity index (χ0n) is 11.0. The number of benzene rings is 1. The van der Waals surface area contributed by atoms with Gasteiger partial charge in [0.1, 0.15) is 5.75 Å². The lowest BCUT2D eigenvalue weighted by Crippen LogP contribution is -2.13. The fourth-order valence-corrected chi connectivity index (χ4v) is 1.60. The lowest BCUT2D eigenvalue weighted by atomic mass is 10.2. The first kappa shape index (κ1) is 13.8. The van der Waals surface area contributed by atoms with E-state index in [9.17, 15) is 0 Å². The van der Waals surface area contributed by atoms with Crippen molar-refractivity contribution < 1.29 is 4.74 Å².